The van der Waals surface area contributed by atoms with Crippen LogP contribution >= 0.6 is 11.6 Å². The van der Waals surface area contributed by atoms with Gasteiger partial charge in [0, 0.05) is 22.9 Å². The largest absolute Gasteiger partial charge is 0.273 e. The van der Waals surface area contributed by atoms with Gasteiger partial charge in [-0.15, -0.1) is 0 Å². The number of hydrogen-bond donors (Lipinski definition) is 1. The molecule has 2 atom stereocenters. The Labute approximate surface area is 146 Å². The molecule has 0 aliphatic carbocycles. The molecule has 1 saturated heterocycles. The molecule has 0 spiro atoms. The lowest BCUT2D eigenvalue weighted by Gasteiger charge is -2.27. The molecule has 2 aromatic carbocycles. The Hall–Kier alpha value is -2.33. The fraction of sp³-hybridized carbons (Fsp3) is 0.263. The molecule has 1 aliphatic heterocycles. The van der Waals surface area contributed by atoms with Gasteiger partial charge in [0.05, 0.1) is 6.04 Å². The highest BCUT2D eigenvalue weighted by molar-refractivity contribution is 6.30. The Bertz CT molecular complexity index is 731. The van der Waals surface area contributed by atoms with Crippen LogP contribution in [0.25, 0.3) is 0 Å². The van der Waals surface area contributed by atoms with Gasteiger partial charge in [-0.05, 0) is 36.2 Å². The van der Waals surface area contributed by atoms with E-state index in [-0.39, 0.29) is 23.8 Å². The summed E-state index contributed by atoms with van der Waals surface area (Å²) in [6, 6.07) is 16.4. The zero-order valence-corrected chi connectivity index (χ0v) is 14.2. The van der Waals surface area contributed by atoms with Crippen molar-refractivity contribution in [3.8, 4) is 0 Å². The van der Waals surface area contributed by atoms with Gasteiger partial charge in [0.15, 0.2) is 0 Å². The number of hydrazine groups is 1. The highest BCUT2D eigenvalue weighted by Crippen LogP contribution is 2.35. The number of nitrogens with zero attached hydrogens (tertiary/aromatic N) is 1. The Kier molecular flexibility index (Phi) is 4.86. The average molecular weight is 343 g/mol. The molecule has 0 aromatic heterocycles. The van der Waals surface area contributed by atoms with E-state index in [1.807, 2.05) is 37.3 Å². The molecule has 24 heavy (non-hydrogen) atoms. The molecule has 0 unspecified atom stereocenters. The fourth-order valence-corrected chi connectivity index (χ4v) is 3.34. The summed E-state index contributed by atoms with van der Waals surface area (Å²) in [6.07, 6.45) is 1.14. The van der Waals surface area contributed by atoms with E-state index in [1.54, 1.807) is 24.3 Å². The molecular weight excluding hydrogens is 324 g/mol. The maximum absolute atomic E-state index is 12.4. The quantitative estimate of drug-likeness (QED) is 0.919. The summed E-state index contributed by atoms with van der Waals surface area (Å²) in [4.78, 5) is 24.8. The van der Waals surface area contributed by atoms with Gasteiger partial charge >= 0.3 is 0 Å². The predicted octanol–water partition coefficient (Wildman–Crippen LogP) is 3.78. The van der Waals surface area contributed by atoms with E-state index in [0.717, 1.165) is 12.0 Å². The second-order valence-electron chi connectivity index (χ2n) is 5.91. The lowest BCUT2D eigenvalue weighted by molar-refractivity contribution is -0.131. The lowest BCUT2D eigenvalue weighted by Crippen LogP contribution is -2.48. The number of rotatable bonds is 4. The zero-order valence-electron chi connectivity index (χ0n) is 13.4. The molecule has 1 N–H and O–H groups in total. The van der Waals surface area contributed by atoms with E-state index >= 15 is 0 Å². The summed E-state index contributed by atoms with van der Waals surface area (Å²) >= 11 is 5.95. The van der Waals surface area contributed by atoms with Crippen molar-refractivity contribution >= 4 is 23.4 Å². The van der Waals surface area contributed by atoms with Gasteiger partial charge in [0.1, 0.15) is 0 Å². The van der Waals surface area contributed by atoms with Crippen molar-refractivity contribution in [1.29, 1.82) is 0 Å². The van der Waals surface area contributed by atoms with Gasteiger partial charge in [0.2, 0.25) is 5.91 Å². The van der Waals surface area contributed by atoms with Crippen molar-refractivity contribution in [2.24, 2.45) is 0 Å². The summed E-state index contributed by atoms with van der Waals surface area (Å²) in [5.41, 5.74) is 4.38. The monoisotopic (exact) mass is 342 g/mol. The first-order valence-electron chi connectivity index (χ1n) is 8.03. The van der Waals surface area contributed by atoms with Crippen LogP contribution in [0.3, 0.4) is 0 Å². The van der Waals surface area contributed by atoms with Crippen LogP contribution in [0, 0.1) is 0 Å². The van der Waals surface area contributed by atoms with Gasteiger partial charge in [-0.2, -0.15) is 0 Å². The molecule has 0 saturated carbocycles. The first-order chi connectivity index (χ1) is 11.6. The third-order valence-corrected chi connectivity index (χ3v) is 4.69. The zero-order chi connectivity index (χ0) is 17.1. The number of carbonyl (C=O) groups is 2. The fourth-order valence-electron chi connectivity index (χ4n) is 3.21. The third-order valence-electron chi connectivity index (χ3n) is 4.43. The minimum atomic E-state index is -0.265. The van der Waals surface area contributed by atoms with Gasteiger partial charge < -0.3 is 0 Å². The molecule has 0 radical (unpaired) electrons. The lowest BCUT2D eigenvalue weighted by atomic mass is 9.90. The van der Waals surface area contributed by atoms with Gasteiger partial charge in [-0.25, -0.2) is 0 Å². The topological polar surface area (TPSA) is 49.4 Å². The maximum Gasteiger partial charge on any atom is 0.269 e. The van der Waals surface area contributed by atoms with Crippen LogP contribution in [-0.4, -0.2) is 22.9 Å². The first-order valence-corrected chi connectivity index (χ1v) is 8.41. The number of halogens is 1. The van der Waals surface area contributed by atoms with E-state index in [1.165, 1.54) is 5.01 Å². The van der Waals surface area contributed by atoms with Gasteiger partial charge in [-0.1, -0.05) is 48.9 Å². The minimum Gasteiger partial charge on any atom is -0.273 e. The molecule has 3 rings (SSSR count). The number of benzene rings is 2. The van der Waals surface area contributed by atoms with Gasteiger partial charge in [-0.3, -0.25) is 20.0 Å². The van der Waals surface area contributed by atoms with Gasteiger partial charge in [0.25, 0.3) is 5.91 Å². The summed E-state index contributed by atoms with van der Waals surface area (Å²) in [5, 5.41) is 2.17. The molecule has 2 amide bonds. The highest BCUT2D eigenvalue weighted by Gasteiger charge is 2.40. The molecule has 0 bridgehead atoms. The summed E-state index contributed by atoms with van der Waals surface area (Å²) < 4.78 is 0. The van der Waals surface area contributed by atoms with Crippen molar-refractivity contribution in [3.05, 3.63) is 70.7 Å². The number of hydrogen-bond acceptors (Lipinski definition) is 2. The van der Waals surface area contributed by atoms with Crippen LogP contribution in [0.2, 0.25) is 5.02 Å². The molecule has 2 aromatic rings. The van der Waals surface area contributed by atoms with Crippen molar-refractivity contribution < 1.29 is 9.59 Å². The van der Waals surface area contributed by atoms with Crippen LogP contribution in [0.1, 0.15) is 41.6 Å². The molecule has 5 heteroatoms. The normalized spacial score (nSPS) is 20.2. The van der Waals surface area contributed by atoms with Crippen LogP contribution in [-0.2, 0) is 4.79 Å². The molecular formula is C19H19ClN2O2. The second-order valence-corrected chi connectivity index (χ2v) is 6.34. The van der Waals surface area contributed by atoms with E-state index < -0.39 is 0 Å². The van der Waals surface area contributed by atoms with E-state index in [2.05, 4.69) is 5.43 Å². The Morgan fingerprint density at radius 1 is 1.17 bits per heavy atom. The smallest absolute Gasteiger partial charge is 0.269 e. The van der Waals surface area contributed by atoms with E-state index in [9.17, 15) is 9.59 Å². The van der Waals surface area contributed by atoms with Crippen LogP contribution in [0.4, 0.5) is 0 Å². The average Bonchev–Trinajstić information content (AvgIpc) is 2.92. The Balaban J connectivity index is 1.79. The van der Waals surface area contributed by atoms with Crippen LogP contribution < -0.4 is 5.43 Å². The highest BCUT2D eigenvalue weighted by atomic mass is 35.5. The van der Waals surface area contributed by atoms with E-state index in [4.69, 9.17) is 11.6 Å². The van der Waals surface area contributed by atoms with Crippen molar-refractivity contribution in [3.63, 3.8) is 0 Å². The van der Waals surface area contributed by atoms with Crippen LogP contribution in [0.5, 0.6) is 0 Å². The summed E-state index contributed by atoms with van der Waals surface area (Å²) in [6.45, 7) is 2.02. The maximum atomic E-state index is 12.4. The van der Waals surface area contributed by atoms with Crippen molar-refractivity contribution in [2.75, 3.05) is 0 Å². The standard InChI is InChI=1S/C19H19ClN2O2/c1-2-17-16(13-8-10-15(20)11-9-13)12-18(23)22(17)21-19(24)14-6-4-3-5-7-14/h3-11,16-17H,2,12H2,1H3,(H,21,24)/t16-,17-/m0/s1. The molecule has 1 aliphatic rings. The Morgan fingerprint density at radius 3 is 2.46 bits per heavy atom. The molecule has 124 valence electrons. The Morgan fingerprint density at radius 2 is 1.83 bits per heavy atom. The SMILES string of the molecule is CC[C@H]1[C@H](c2ccc(Cl)cc2)CC(=O)N1NC(=O)c1ccccc1. The third kappa shape index (κ3) is 3.29. The number of amides is 2. The van der Waals surface area contributed by atoms with E-state index in [0.29, 0.717) is 17.0 Å². The summed E-state index contributed by atoms with van der Waals surface area (Å²) in [7, 11) is 0. The van der Waals surface area contributed by atoms with Crippen molar-refractivity contribution in [1.82, 2.24) is 10.4 Å². The minimum absolute atomic E-state index is 0.0517. The number of carbonyl (C=O) groups excluding carboxylic acids is 2. The molecule has 1 heterocycles. The predicted molar refractivity (Wildman–Crippen MR) is 93.6 cm³/mol. The number of nitrogens with one attached hydrogen (secondary N) is 1. The first kappa shape index (κ1) is 16.5. The summed E-state index contributed by atoms with van der Waals surface area (Å²) in [5.74, 6) is -0.277. The van der Waals surface area contributed by atoms with Crippen LogP contribution in [0.15, 0.2) is 54.6 Å². The molecule has 4 nitrogen and oxygen atoms in total. The molecule has 1 fully saturated rings. The second kappa shape index (κ2) is 7.05. The van der Waals surface area contributed by atoms with Crippen molar-refractivity contribution in [2.45, 2.75) is 31.7 Å².